The molecule has 0 radical (unpaired) electrons. The van der Waals surface area contributed by atoms with Crippen molar-refractivity contribution in [2.24, 2.45) is 0 Å². The van der Waals surface area contributed by atoms with Crippen LogP contribution >= 0.6 is 0 Å². The molecule has 0 bridgehead atoms. The van der Waals surface area contributed by atoms with Crippen LogP contribution in [0.3, 0.4) is 0 Å². The summed E-state index contributed by atoms with van der Waals surface area (Å²) < 4.78 is 31.6. The van der Waals surface area contributed by atoms with Crippen molar-refractivity contribution in [3.8, 4) is 12.1 Å². The fourth-order valence-electron chi connectivity index (χ4n) is 1.93. The van der Waals surface area contributed by atoms with Gasteiger partial charge in [-0.3, -0.25) is 0 Å². The van der Waals surface area contributed by atoms with Crippen molar-refractivity contribution in [3.63, 3.8) is 0 Å². The molecule has 114 valence electrons. The Morgan fingerprint density at radius 3 is 2.59 bits per heavy atom. The molecule has 0 aromatic heterocycles. The third-order valence-electron chi connectivity index (χ3n) is 3.07. The highest BCUT2D eigenvalue weighted by Crippen LogP contribution is 2.20. The van der Waals surface area contributed by atoms with Crippen molar-refractivity contribution in [1.82, 2.24) is 4.31 Å². The van der Waals surface area contributed by atoms with Crippen LogP contribution in [0.2, 0.25) is 0 Å². The highest BCUT2D eigenvalue weighted by atomic mass is 32.2. The number of morpholine rings is 1. The van der Waals surface area contributed by atoms with Crippen molar-refractivity contribution in [2.75, 3.05) is 31.6 Å². The summed E-state index contributed by atoms with van der Waals surface area (Å²) >= 11 is 0. The first kappa shape index (κ1) is 16.0. The Hall–Kier alpha value is -2.39. The van der Waals surface area contributed by atoms with E-state index in [1.807, 2.05) is 0 Å². The normalized spacial score (nSPS) is 15.4. The van der Waals surface area contributed by atoms with E-state index in [0.717, 1.165) is 0 Å². The minimum absolute atomic E-state index is 0.0959. The first-order valence-electron chi connectivity index (χ1n) is 6.53. The Balaban J connectivity index is 2.23. The Kier molecular flexibility index (Phi) is 5.12. The summed E-state index contributed by atoms with van der Waals surface area (Å²) in [6.45, 7) is 1.42. The zero-order valence-corrected chi connectivity index (χ0v) is 12.5. The van der Waals surface area contributed by atoms with Crippen LogP contribution in [0.15, 0.2) is 40.9 Å². The van der Waals surface area contributed by atoms with Gasteiger partial charge in [0.25, 0.3) is 0 Å². The number of hydrogen-bond donors (Lipinski definition) is 1. The largest absolute Gasteiger partial charge is 0.379 e. The molecule has 1 aromatic carbocycles. The predicted octanol–water partition coefficient (Wildman–Crippen LogP) is 1.05. The van der Waals surface area contributed by atoms with Crippen LogP contribution in [0.4, 0.5) is 5.69 Å². The Morgan fingerprint density at radius 1 is 1.27 bits per heavy atom. The number of benzene rings is 1. The minimum atomic E-state index is -3.57. The first-order valence-corrected chi connectivity index (χ1v) is 7.97. The second kappa shape index (κ2) is 7.05. The van der Waals surface area contributed by atoms with E-state index in [1.165, 1.54) is 22.6 Å². The highest BCUT2D eigenvalue weighted by Gasteiger charge is 2.26. The quantitative estimate of drug-likeness (QED) is 0.832. The molecule has 0 amide bonds. The second-order valence-electron chi connectivity index (χ2n) is 4.47. The average molecular weight is 318 g/mol. The molecular formula is C14H14N4O3S. The minimum Gasteiger partial charge on any atom is -0.379 e. The van der Waals surface area contributed by atoms with Crippen molar-refractivity contribution >= 4 is 15.7 Å². The third kappa shape index (κ3) is 3.62. The monoisotopic (exact) mass is 318 g/mol. The van der Waals surface area contributed by atoms with Gasteiger partial charge >= 0.3 is 0 Å². The fraction of sp³-hybridized carbons (Fsp3) is 0.286. The number of nitrogens with zero attached hydrogens (tertiary/aromatic N) is 3. The van der Waals surface area contributed by atoms with Gasteiger partial charge in [-0.15, -0.1) is 0 Å². The molecule has 0 saturated carbocycles. The molecule has 1 fully saturated rings. The summed E-state index contributed by atoms with van der Waals surface area (Å²) in [5.74, 6) is 0. The predicted molar refractivity (Wildman–Crippen MR) is 79.0 cm³/mol. The molecule has 1 aliphatic heterocycles. The van der Waals surface area contributed by atoms with E-state index >= 15 is 0 Å². The van der Waals surface area contributed by atoms with Crippen LogP contribution in [0.1, 0.15) is 0 Å². The number of ether oxygens (including phenoxy) is 1. The van der Waals surface area contributed by atoms with Gasteiger partial charge in [-0.25, -0.2) is 8.42 Å². The number of nitrogens with one attached hydrogen (secondary N) is 1. The molecule has 0 atom stereocenters. The van der Waals surface area contributed by atoms with Gasteiger partial charge in [0.15, 0.2) is 0 Å². The van der Waals surface area contributed by atoms with Gasteiger partial charge in [-0.2, -0.15) is 14.8 Å². The summed E-state index contributed by atoms with van der Waals surface area (Å²) in [6.07, 6.45) is 1.24. The van der Waals surface area contributed by atoms with Gasteiger partial charge in [-0.1, -0.05) is 6.07 Å². The van der Waals surface area contributed by atoms with Gasteiger partial charge < -0.3 is 10.1 Å². The van der Waals surface area contributed by atoms with Crippen LogP contribution in [0.25, 0.3) is 0 Å². The van der Waals surface area contributed by atoms with Crippen molar-refractivity contribution < 1.29 is 13.2 Å². The van der Waals surface area contributed by atoms with E-state index in [2.05, 4.69) is 5.32 Å². The average Bonchev–Trinajstić information content (AvgIpc) is 2.57. The second-order valence-corrected chi connectivity index (χ2v) is 6.41. The lowest BCUT2D eigenvalue weighted by atomic mass is 10.3. The van der Waals surface area contributed by atoms with Gasteiger partial charge in [0, 0.05) is 25.0 Å². The number of sulfonamides is 1. The summed E-state index contributed by atoms with van der Waals surface area (Å²) in [7, 11) is -3.57. The van der Waals surface area contributed by atoms with Crippen molar-refractivity contribution in [2.45, 2.75) is 4.90 Å². The lowest BCUT2D eigenvalue weighted by molar-refractivity contribution is 0.0730. The molecule has 1 aliphatic rings. The molecule has 8 heteroatoms. The van der Waals surface area contributed by atoms with Crippen LogP contribution in [-0.4, -0.2) is 39.0 Å². The molecule has 2 rings (SSSR count). The number of hydrogen-bond acceptors (Lipinski definition) is 6. The van der Waals surface area contributed by atoms with E-state index in [-0.39, 0.29) is 10.5 Å². The van der Waals surface area contributed by atoms with E-state index in [1.54, 1.807) is 24.3 Å². The molecule has 1 N–H and O–H groups in total. The Morgan fingerprint density at radius 2 is 1.95 bits per heavy atom. The molecular weight excluding hydrogens is 304 g/mol. The lowest BCUT2D eigenvalue weighted by Crippen LogP contribution is -2.40. The lowest BCUT2D eigenvalue weighted by Gasteiger charge is -2.26. The maximum Gasteiger partial charge on any atom is 0.243 e. The summed E-state index contributed by atoms with van der Waals surface area (Å²) in [5.41, 5.74) is 0.388. The fourth-order valence-corrected chi connectivity index (χ4v) is 3.38. The molecule has 1 saturated heterocycles. The smallest absolute Gasteiger partial charge is 0.243 e. The van der Waals surface area contributed by atoms with E-state index in [9.17, 15) is 8.42 Å². The van der Waals surface area contributed by atoms with Crippen LogP contribution in [0, 0.1) is 22.7 Å². The standard InChI is InChI=1S/C14H14N4O3S/c15-9-12(10-16)11-17-13-2-1-3-14(8-13)22(19,20)18-4-6-21-7-5-18/h1-3,8,11,17H,4-7H2. The zero-order chi connectivity index (χ0) is 16.0. The molecule has 7 nitrogen and oxygen atoms in total. The van der Waals surface area contributed by atoms with E-state index < -0.39 is 10.0 Å². The topological polar surface area (TPSA) is 106 Å². The number of rotatable bonds is 4. The number of allylic oxidation sites excluding steroid dienone is 1. The molecule has 22 heavy (non-hydrogen) atoms. The highest BCUT2D eigenvalue weighted by molar-refractivity contribution is 7.89. The van der Waals surface area contributed by atoms with Gasteiger partial charge in [0.1, 0.15) is 17.7 Å². The molecule has 1 aromatic rings. The van der Waals surface area contributed by atoms with Crippen molar-refractivity contribution in [3.05, 3.63) is 36.0 Å². The number of nitriles is 2. The summed E-state index contributed by atoms with van der Waals surface area (Å²) in [4.78, 5) is 0.156. The Labute approximate surface area is 129 Å². The van der Waals surface area contributed by atoms with Gasteiger partial charge in [0.05, 0.1) is 18.1 Å². The third-order valence-corrected chi connectivity index (χ3v) is 4.96. The van der Waals surface area contributed by atoms with Crippen LogP contribution in [-0.2, 0) is 14.8 Å². The maximum atomic E-state index is 12.5. The first-order chi connectivity index (χ1) is 10.6. The van der Waals surface area contributed by atoms with Crippen LogP contribution in [0.5, 0.6) is 0 Å². The molecule has 0 unspecified atom stereocenters. The molecule has 1 heterocycles. The Bertz CT molecular complexity index is 737. The maximum absolute atomic E-state index is 12.5. The summed E-state index contributed by atoms with van der Waals surface area (Å²) in [6, 6.07) is 9.66. The summed E-state index contributed by atoms with van der Waals surface area (Å²) in [5, 5.41) is 20.1. The molecule has 0 spiro atoms. The van der Waals surface area contributed by atoms with E-state index in [4.69, 9.17) is 15.3 Å². The van der Waals surface area contributed by atoms with Crippen LogP contribution < -0.4 is 5.32 Å². The zero-order valence-electron chi connectivity index (χ0n) is 11.7. The number of anilines is 1. The molecule has 0 aliphatic carbocycles. The van der Waals surface area contributed by atoms with Crippen molar-refractivity contribution in [1.29, 1.82) is 10.5 Å². The SMILES string of the molecule is N#CC(C#N)=CNc1cccc(S(=O)(=O)N2CCOCC2)c1. The van der Waals surface area contributed by atoms with Gasteiger partial charge in [-0.05, 0) is 18.2 Å². The van der Waals surface area contributed by atoms with E-state index in [0.29, 0.717) is 32.0 Å². The van der Waals surface area contributed by atoms with Gasteiger partial charge in [0.2, 0.25) is 10.0 Å².